The van der Waals surface area contributed by atoms with Gasteiger partial charge in [0.15, 0.2) is 0 Å². The zero-order valence-corrected chi connectivity index (χ0v) is 9.24. The monoisotopic (exact) mass is 208 g/mol. The highest BCUT2D eigenvalue weighted by molar-refractivity contribution is 7.83. The number of rotatable bonds is 5. The summed E-state index contributed by atoms with van der Waals surface area (Å²) < 4.78 is -0.900. The summed E-state index contributed by atoms with van der Waals surface area (Å²) in [6, 6.07) is 0. The van der Waals surface area contributed by atoms with Gasteiger partial charge in [-0.1, -0.05) is 13.8 Å². The lowest BCUT2D eigenvalue weighted by atomic mass is 9.98. The van der Waals surface area contributed by atoms with E-state index >= 15 is 0 Å². The Morgan fingerprint density at radius 1 is 1.58 bits per heavy atom. The van der Waals surface area contributed by atoms with Crippen molar-refractivity contribution in [2.24, 2.45) is 0 Å². The van der Waals surface area contributed by atoms with Crippen LogP contribution in [0.15, 0.2) is 0 Å². The first-order valence-corrected chi connectivity index (χ1v) is 5.06. The van der Waals surface area contributed by atoms with Gasteiger partial charge in [0.2, 0.25) is 0 Å². The zero-order valence-electron chi connectivity index (χ0n) is 7.45. The molecule has 2 unspecified atom stereocenters. The summed E-state index contributed by atoms with van der Waals surface area (Å²) in [7, 11) is 0. The lowest BCUT2D eigenvalue weighted by Crippen LogP contribution is -2.34. The fourth-order valence-electron chi connectivity index (χ4n) is 0.917. The molecule has 0 saturated heterocycles. The zero-order chi connectivity index (χ0) is 9.78. The molecule has 12 heavy (non-hydrogen) atoms. The average Bonchev–Trinajstić information content (AvgIpc) is 2.03. The van der Waals surface area contributed by atoms with Gasteiger partial charge in [-0.2, -0.15) is 25.3 Å². The molecular weight excluding hydrogens is 192 g/mol. The summed E-state index contributed by atoms with van der Waals surface area (Å²) in [4.78, 5) is 10.8. The summed E-state index contributed by atoms with van der Waals surface area (Å²) in [6.45, 7) is 3.82. The van der Waals surface area contributed by atoms with Crippen molar-refractivity contribution < 1.29 is 9.90 Å². The van der Waals surface area contributed by atoms with Gasteiger partial charge >= 0.3 is 5.97 Å². The van der Waals surface area contributed by atoms with Crippen molar-refractivity contribution in [2.75, 3.05) is 0 Å². The van der Waals surface area contributed by atoms with E-state index in [2.05, 4.69) is 25.3 Å². The van der Waals surface area contributed by atoms with Crippen molar-refractivity contribution in [1.82, 2.24) is 0 Å². The van der Waals surface area contributed by atoms with Crippen LogP contribution in [0.25, 0.3) is 0 Å². The Bertz CT molecular complexity index is 161. The third kappa shape index (κ3) is 3.27. The summed E-state index contributed by atoms with van der Waals surface area (Å²) >= 11 is 8.42. The summed E-state index contributed by atoms with van der Waals surface area (Å²) in [6.07, 6.45) is 1.92. The lowest BCUT2D eigenvalue weighted by molar-refractivity contribution is -0.140. The minimum absolute atomic E-state index is 0.124. The van der Waals surface area contributed by atoms with E-state index in [1.165, 1.54) is 0 Å². The Morgan fingerprint density at radius 3 is 2.33 bits per heavy atom. The van der Waals surface area contributed by atoms with Crippen LogP contribution in [-0.2, 0) is 4.79 Å². The predicted octanol–water partition coefficient (Wildman–Crippen LogP) is 2.25. The molecule has 72 valence electrons. The highest BCUT2D eigenvalue weighted by Gasteiger charge is 2.33. The van der Waals surface area contributed by atoms with Crippen molar-refractivity contribution in [1.29, 1.82) is 0 Å². The standard InChI is InChI=1S/C8H16O2S2/c1-3-6(11)5-8(12,4-2)7(9)10/h6,11-12H,3-5H2,1-2H3,(H,9,10). The molecule has 0 aromatic heterocycles. The number of hydrogen-bond acceptors (Lipinski definition) is 3. The van der Waals surface area contributed by atoms with Gasteiger partial charge in [0, 0.05) is 5.25 Å². The molecule has 0 fully saturated rings. The maximum atomic E-state index is 10.8. The molecule has 0 aromatic carbocycles. The van der Waals surface area contributed by atoms with Gasteiger partial charge in [-0.15, -0.1) is 0 Å². The van der Waals surface area contributed by atoms with Gasteiger partial charge in [-0.25, -0.2) is 0 Å². The number of carboxylic acid groups (broad SMARTS) is 1. The van der Waals surface area contributed by atoms with E-state index in [-0.39, 0.29) is 5.25 Å². The molecule has 0 rings (SSSR count). The van der Waals surface area contributed by atoms with Crippen LogP contribution in [0.4, 0.5) is 0 Å². The fourth-order valence-corrected chi connectivity index (χ4v) is 1.59. The second kappa shape index (κ2) is 5.02. The third-order valence-corrected chi connectivity index (χ3v) is 3.27. The minimum Gasteiger partial charge on any atom is -0.480 e. The summed E-state index contributed by atoms with van der Waals surface area (Å²) in [5.41, 5.74) is 0. The lowest BCUT2D eigenvalue weighted by Gasteiger charge is -2.24. The second-order valence-electron chi connectivity index (χ2n) is 2.96. The smallest absolute Gasteiger partial charge is 0.319 e. The van der Waals surface area contributed by atoms with Crippen LogP contribution in [0.2, 0.25) is 0 Å². The van der Waals surface area contributed by atoms with E-state index in [1.54, 1.807) is 0 Å². The molecule has 0 aromatic rings. The quantitative estimate of drug-likeness (QED) is 0.606. The maximum Gasteiger partial charge on any atom is 0.319 e. The highest BCUT2D eigenvalue weighted by atomic mass is 32.1. The Kier molecular flexibility index (Phi) is 5.09. The first kappa shape index (κ1) is 12.2. The van der Waals surface area contributed by atoms with Crippen molar-refractivity contribution in [3.8, 4) is 0 Å². The van der Waals surface area contributed by atoms with Crippen LogP contribution in [-0.4, -0.2) is 21.1 Å². The topological polar surface area (TPSA) is 37.3 Å². The van der Waals surface area contributed by atoms with Gasteiger partial charge in [-0.3, -0.25) is 4.79 Å². The minimum atomic E-state index is -0.900. The van der Waals surface area contributed by atoms with E-state index in [0.29, 0.717) is 12.8 Å². The fraction of sp³-hybridized carbons (Fsp3) is 0.875. The van der Waals surface area contributed by atoms with Crippen LogP contribution in [0.1, 0.15) is 33.1 Å². The van der Waals surface area contributed by atoms with Gasteiger partial charge in [0.1, 0.15) is 4.75 Å². The van der Waals surface area contributed by atoms with Crippen molar-refractivity contribution in [2.45, 2.75) is 43.1 Å². The first-order valence-electron chi connectivity index (χ1n) is 4.10. The second-order valence-corrected chi connectivity index (χ2v) is 4.54. The van der Waals surface area contributed by atoms with Gasteiger partial charge < -0.3 is 5.11 Å². The van der Waals surface area contributed by atoms with Gasteiger partial charge in [0.05, 0.1) is 0 Å². The number of thiol groups is 2. The molecule has 2 atom stereocenters. The molecule has 0 radical (unpaired) electrons. The summed E-state index contributed by atoms with van der Waals surface area (Å²) in [5.74, 6) is -0.846. The van der Waals surface area contributed by atoms with E-state index in [9.17, 15) is 4.79 Å². The molecule has 4 heteroatoms. The number of carboxylic acids is 1. The highest BCUT2D eigenvalue weighted by Crippen LogP contribution is 2.28. The number of aliphatic carboxylic acids is 1. The van der Waals surface area contributed by atoms with Gasteiger partial charge in [-0.05, 0) is 19.3 Å². The molecule has 2 nitrogen and oxygen atoms in total. The van der Waals surface area contributed by atoms with Crippen molar-refractivity contribution in [3.05, 3.63) is 0 Å². The largest absolute Gasteiger partial charge is 0.480 e. The van der Waals surface area contributed by atoms with Gasteiger partial charge in [0.25, 0.3) is 0 Å². The van der Waals surface area contributed by atoms with Crippen LogP contribution in [0.3, 0.4) is 0 Å². The molecule has 0 heterocycles. The first-order chi connectivity index (χ1) is 5.46. The predicted molar refractivity (Wildman–Crippen MR) is 57.3 cm³/mol. The molecule has 0 amide bonds. The molecular formula is C8H16O2S2. The number of hydrogen-bond donors (Lipinski definition) is 3. The van der Waals surface area contributed by atoms with E-state index in [4.69, 9.17) is 5.11 Å². The van der Waals surface area contributed by atoms with Crippen molar-refractivity contribution >= 4 is 31.2 Å². The summed E-state index contributed by atoms with van der Waals surface area (Å²) in [5, 5.41) is 8.99. The molecule has 0 spiro atoms. The van der Waals surface area contributed by atoms with Crippen molar-refractivity contribution in [3.63, 3.8) is 0 Å². The average molecular weight is 208 g/mol. The molecule has 0 aliphatic carbocycles. The number of carbonyl (C=O) groups is 1. The molecule has 0 aliphatic heterocycles. The molecule has 0 saturated carbocycles. The molecule has 1 N–H and O–H groups in total. The maximum absolute atomic E-state index is 10.8. The van der Waals surface area contributed by atoms with E-state index in [1.807, 2.05) is 13.8 Å². The molecule has 0 bridgehead atoms. The van der Waals surface area contributed by atoms with E-state index < -0.39 is 10.7 Å². The third-order valence-electron chi connectivity index (χ3n) is 2.03. The Balaban J connectivity index is 4.23. The Labute approximate surface area is 84.6 Å². The molecule has 0 aliphatic rings. The SMILES string of the molecule is CCC(S)CC(S)(CC)C(=O)O. The normalized spacial score (nSPS) is 18.3. The Hall–Kier alpha value is 0.170. The Morgan fingerprint density at radius 2 is 2.08 bits per heavy atom. The van der Waals surface area contributed by atoms with E-state index in [0.717, 1.165) is 6.42 Å². The van der Waals surface area contributed by atoms with Crippen LogP contribution >= 0.6 is 25.3 Å². The van der Waals surface area contributed by atoms with Crippen LogP contribution in [0.5, 0.6) is 0 Å². The van der Waals surface area contributed by atoms with Crippen LogP contribution < -0.4 is 0 Å². The van der Waals surface area contributed by atoms with Crippen LogP contribution in [0, 0.1) is 0 Å².